The van der Waals surface area contributed by atoms with Gasteiger partial charge in [-0.2, -0.15) is 5.10 Å². The van der Waals surface area contributed by atoms with Crippen molar-refractivity contribution in [1.29, 1.82) is 0 Å². The van der Waals surface area contributed by atoms with Crippen LogP contribution < -0.4 is 0 Å². The number of Topliss-reactive ketones (excluding diaryl/α,β-unsaturated/α-hetero) is 1. The van der Waals surface area contributed by atoms with E-state index in [0.29, 0.717) is 18.4 Å². The lowest BCUT2D eigenvalue weighted by Crippen LogP contribution is -2.41. The van der Waals surface area contributed by atoms with Gasteiger partial charge in [0.15, 0.2) is 5.78 Å². The molecule has 0 amide bonds. The molecule has 1 N–H and O–H groups in total. The summed E-state index contributed by atoms with van der Waals surface area (Å²) in [7, 11) is 2.09. The van der Waals surface area contributed by atoms with Crippen LogP contribution in [0.4, 0.5) is 0 Å². The van der Waals surface area contributed by atoms with E-state index in [4.69, 9.17) is 0 Å². The quantitative estimate of drug-likeness (QED) is 0.869. The maximum absolute atomic E-state index is 12.4. The first-order chi connectivity index (χ1) is 11.1. The molecule has 1 aromatic carbocycles. The molecule has 1 fully saturated rings. The number of allylic oxidation sites excluding steroid dienone is 2. The molecule has 0 aromatic heterocycles. The van der Waals surface area contributed by atoms with Gasteiger partial charge in [0, 0.05) is 39.0 Å². The van der Waals surface area contributed by atoms with Crippen molar-refractivity contribution in [3.63, 3.8) is 0 Å². The summed E-state index contributed by atoms with van der Waals surface area (Å²) in [5.74, 6) is 0.193. The molecule has 1 aliphatic heterocycles. The fraction of sp³-hybridized carbons (Fsp3) is 0.444. The molecule has 3 rings (SSSR count). The molecular formula is C18H23N3O2. The number of hydrogen-bond donors (Lipinski definition) is 1. The number of carbonyl (C=O) groups is 1. The summed E-state index contributed by atoms with van der Waals surface area (Å²) < 4.78 is 0. The van der Waals surface area contributed by atoms with Crippen molar-refractivity contribution in [3.8, 4) is 0 Å². The van der Waals surface area contributed by atoms with E-state index in [1.165, 1.54) is 0 Å². The number of piperazine rings is 1. The van der Waals surface area contributed by atoms with Crippen molar-refractivity contribution in [3.05, 3.63) is 47.2 Å². The predicted molar refractivity (Wildman–Crippen MR) is 90.6 cm³/mol. The zero-order valence-corrected chi connectivity index (χ0v) is 13.5. The number of rotatable bonds is 3. The number of likely N-dealkylation sites (N-methyl/N-ethyl adjacent to an activating group) is 1. The first-order valence-electron chi connectivity index (χ1n) is 8.11. The normalized spacial score (nSPS) is 23.8. The molecule has 1 aromatic rings. The van der Waals surface area contributed by atoms with Crippen LogP contribution in [0.15, 0.2) is 46.8 Å². The molecule has 0 bridgehead atoms. The Labute approximate surface area is 136 Å². The van der Waals surface area contributed by atoms with Gasteiger partial charge in [0.1, 0.15) is 5.76 Å². The summed E-state index contributed by atoms with van der Waals surface area (Å²) in [6.07, 6.45) is 2.47. The number of benzene rings is 1. The van der Waals surface area contributed by atoms with E-state index in [-0.39, 0.29) is 17.5 Å². The van der Waals surface area contributed by atoms with Crippen molar-refractivity contribution in [2.24, 2.45) is 5.10 Å². The maximum atomic E-state index is 12.4. The van der Waals surface area contributed by atoms with Crippen molar-refractivity contribution in [2.75, 3.05) is 33.2 Å². The number of aliphatic hydroxyl groups is 1. The second-order valence-electron chi connectivity index (χ2n) is 6.30. The van der Waals surface area contributed by atoms with E-state index in [1.54, 1.807) is 6.21 Å². The Morgan fingerprint density at radius 2 is 1.83 bits per heavy atom. The monoisotopic (exact) mass is 313 g/mol. The molecule has 1 unspecified atom stereocenters. The lowest BCUT2D eigenvalue weighted by atomic mass is 9.83. The molecule has 23 heavy (non-hydrogen) atoms. The van der Waals surface area contributed by atoms with E-state index in [0.717, 1.165) is 31.7 Å². The highest BCUT2D eigenvalue weighted by Crippen LogP contribution is 2.32. The summed E-state index contributed by atoms with van der Waals surface area (Å²) in [5.41, 5.74) is 1.47. The highest BCUT2D eigenvalue weighted by atomic mass is 16.3. The van der Waals surface area contributed by atoms with E-state index in [2.05, 4.69) is 17.0 Å². The van der Waals surface area contributed by atoms with Crippen LogP contribution in [0.3, 0.4) is 0 Å². The van der Waals surface area contributed by atoms with Gasteiger partial charge >= 0.3 is 0 Å². The first kappa shape index (κ1) is 15.7. The number of carbonyl (C=O) groups excluding carboxylic acids is 1. The van der Waals surface area contributed by atoms with Crippen LogP contribution in [0.2, 0.25) is 0 Å². The van der Waals surface area contributed by atoms with Gasteiger partial charge in [-0.25, -0.2) is 0 Å². The first-order valence-corrected chi connectivity index (χ1v) is 8.11. The highest BCUT2D eigenvalue weighted by Gasteiger charge is 2.27. The van der Waals surface area contributed by atoms with Crippen LogP contribution in [0, 0.1) is 0 Å². The summed E-state index contributed by atoms with van der Waals surface area (Å²) in [6.45, 7) is 3.63. The molecular weight excluding hydrogens is 290 g/mol. The molecule has 1 saturated heterocycles. The van der Waals surface area contributed by atoms with Gasteiger partial charge in [-0.3, -0.25) is 9.80 Å². The molecule has 0 saturated carbocycles. The van der Waals surface area contributed by atoms with Crippen molar-refractivity contribution in [1.82, 2.24) is 9.91 Å². The third-order valence-electron chi connectivity index (χ3n) is 4.58. The molecule has 0 spiro atoms. The SMILES string of the molecule is CN1CCN(/N=C/C2=C(O)CC(c3ccccc3)CC2=O)CC1. The van der Waals surface area contributed by atoms with E-state index >= 15 is 0 Å². The van der Waals surface area contributed by atoms with E-state index < -0.39 is 0 Å². The van der Waals surface area contributed by atoms with Crippen LogP contribution in [-0.4, -0.2) is 60.2 Å². The minimum absolute atomic E-state index is 0.0273. The van der Waals surface area contributed by atoms with Crippen molar-refractivity contribution in [2.45, 2.75) is 18.8 Å². The second kappa shape index (κ2) is 6.96. The lowest BCUT2D eigenvalue weighted by molar-refractivity contribution is -0.116. The van der Waals surface area contributed by atoms with Crippen molar-refractivity contribution >= 4 is 12.0 Å². The van der Waals surface area contributed by atoms with Crippen LogP contribution in [0.25, 0.3) is 0 Å². The van der Waals surface area contributed by atoms with Crippen LogP contribution in [0.1, 0.15) is 24.3 Å². The molecule has 5 heteroatoms. The standard InChI is InChI=1S/C18H23N3O2/c1-20-7-9-21(10-8-20)19-13-16-17(22)11-15(12-18(16)23)14-5-3-2-4-6-14/h2-6,13,15,22H,7-12H2,1H3/b19-13+. The Balaban J connectivity index is 1.69. The fourth-order valence-corrected chi connectivity index (χ4v) is 3.07. The van der Waals surface area contributed by atoms with E-state index in [1.807, 2.05) is 35.3 Å². The summed E-state index contributed by atoms with van der Waals surface area (Å²) in [6, 6.07) is 9.90. The molecule has 122 valence electrons. The fourth-order valence-electron chi connectivity index (χ4n) is 3.07. The van der Waals surface area contributed by atoms with Gasteiger partial charge in [0.2, 0.25) is 0 Å². The Bertz CT molecular complexity index is 616. The smallest absolute Gasteiger partial charge is 0.168 e. The van der Waals surface area contributed by atoms with Crippen LogP contribution in [-0.2, 0) is 4.79 Å². The van der Waals surface area contributed by atoms with Crippen LogP contribution >= 0.6 is 0 Å². The summed E-state index contributed by atoms with van der Waals surface area (Å²) >= 11 is 0. The summed E-state index contributed by atoms with van der Waals surface area (Å²) in [4.78, 5) is 14.6. The second-order valence-corrected chi connectivity index (χ2v) is 6.30. The molecule has 0 radical (unpaired) electrons. The Morgan fingerprint density at radius 1 is 1.13 bits per heavy atom. The van der Waals surface area contributed by atoms with Gasteiger partial charge in [0.25, 0.3) is 0 Å². The zero-order valence-electron chi connectivity index (χ0n) is 13.5. The average Bonchev–Trinajstić information content (AvgIpc) is 2.56. The molecule has 1 aliphatic carbocycles. The molecule has 1 atom stereocenters. The number of hydrogen-bond acceptors (Lipinski definition) is 5. The third kappa shape index (κ3) is 3.79. The number of aliphatic hydroxyl groups excluding tert-OH is 1. The van der Waals surface area contributed by atoms with Gasteiger partial charge in [-0.1, -0.05) is 30.3 Å². The van der Waals surface area contributed by atoms with E-state index in [9.17, 15) is 9.90 Å². The number of hydrazone groups is 1. The van der Waals surface area contributed by atoms with Crippen molar-refractivity contribution < 1.29 is 9.90 Å². The molecule has 5 nitrogen and oxygen atoms in total. The number of nitrogens with zero attached hydrogens (tertiary/aromatic N) is 3. The third-order valence-corrected chi connectivity index (χ3v) is 4.58. The van der Waals surface area contributed by atoms with Gasteiger partial charge in [0.05, 0.1) is 11.8 Å². The van der Waals surface area contributed by atoms with Gasteiger partial charge in [-0.05, 0) is 18.5 Å². The van der Waals surface area contributed by atoms with Crippen LogP contribution in [0.5, 0.6) is 0 Å². The molecule has 2 aliphatic rings. The lowest BCUT2D eigenvalue weighted by Gasteiger charge is -2.30. The largest absolute Gasteiger partial charge is 0.511 e. The Morgan fingerprint density at radius 3 is 2.48 bits per heavy atom. The Kier molecular flexibility index (Phi) is 4.76. The minimum Gasteiger partial charge on any atom is -0.511 e. The van der Waals surface area contributed by atoms with Gasteiger partial charge < -0.3 is 10.0 Å². The Hall–Kier alpha value is -2.14. The average molecular weight is 313 g/mol. The number of ketones is 1. The maximum Gasteiger partial charge on any atom is 0.168 e. The minimum atomic E-state index is -0.0273. The predicted octanol–water partition coefficient (Wildman–Crippen LogP) is 2.18. The highest BCUT2D eigenvalue weighted by molar-refractivity contribution is 6.14. The summed E-state index contributed by atoms with van der Waals surface area (Å²) in [5, 5.41) is 16.6. The van der Waals surface area contributed by atoms with Gasteiger partial charge in [-0.15, -0.1) is 0 Å². The zero-order chi connectivity index (χ0) is 16.2. The molecule has 1 heterocycles. The topological polar surface area (TPSA) is 56.1 Å².